The van der Waals surface area contributed by atoms with Gasteiger partial charge in [-0.3, -0.25) is 0 Å². The molecule has 2 aromatic carbocycles. The third-order valence-corrected chi connectivity index (χ3v) is 4.53. The lowest BCUT2D eigenvalue weighted by molar-refractivity contribution is 0.632. The maximum atomic E-state index is 14.1. The van der Waals surface area contributed by atoms with Gasteiger partial charge in [-0.05, 0) is 57.5 Å². The van der Waals surface area contributed by atoms with Crippen LogP contribution in [-0.2, 0) is 0 Å². The molecule has 0 aliphatic carbocycles. The Morgan fingerprint density at radius 2 is 1.38 bits per heavy atom. The highest BCUT2D eigenvalue weighted by atomic mass is 19.1. The second-order valence-corrected chi connectivity index (χ2v) is 5.78. The monoisotopic (exact) mass is 329 g/mol. The molecule has 2 aromatic rings. The molecule has 0 fully saturated rings. The topological polar surface area (TPSA) is 32.5 Å². The van der Waals surface area contributed by atoms with Gasteiger partial charge in [0.15, 0.2) is 0 Å². The summed E-state index contributed by atoms with van der Waals surface area (Å²) < 4.78 is 14.1. The van der Waals surface area contributed by atoms with Crippen molar-refractivity contribution in [2.24, 2.45) is 0 Å². The molecule has 0 heterocycles. The first kappa shape index (κ1) is 18.1. The Morgan fingerprint density at radius 1 is 0.833 bits per heavy atom. The predicted octanol–water partition coefficient (Wildman–Crippen LogP) is 4.77. The lowest BCUT2D eigenvalue weighted by Gasteiger charge is -2.25. The predicted molar refractivity (Wildman–Crippen MR) is 103 cm³/mol. The molecular formula is C20H28FN3. The fraction of sp³-hybridized carbons (Fsp3) is 0.400. The highest BCUT2D eigenvalue weighted by Gasteiger charge is 2.14. The Kier molecular flexibility index (Phi) is 6.07. The van der Waals surface area contributed by atoms with Crippen LogP contribution in [0.4, 0.5) is 21.5 Å². The lowest BCUT2D eigenvalue weighted by atomic mass is 10.0. The molecule has 0 atom stereocenters. The van der Waals surface area contributed by atoms with Gasteiger partial charge in [-0.2, -0.15) is 0 Å². The molecule has 0 bridgehead atoms. The maximum Gasteiger partial charge on any atom is 0.146 e. The lowest BCUT2D eigenvalue weighted by Crippen LogP contribution is -2.23. The molecular weight excluding hydrogens is 301 g/mol. The summed E-state index contributed by atoms with van der Waals surface area (Å²) in [6.07, 6.45) is 0. The molecule has 130 valence electrons. The minimum atomic E-state index is -0.367. The van der Waals surface area contributed by atoms with Crippen molar-refractivity contribution in [1.29, 1.82) is 0 Å². The third-order valence-electron chi connectivity index (χ3n) is 4.53. The van der Waals surface area contributed by atoms with Crippen molar-refractivity contribution >= 4 is 17.1 Å². The van der Waals surface area contributed by atoms with E-state index >= 15 is 0 Å². The molecule has 0 saturated carbocycles. The van der Waals surface area contributed by atoms with Gasteiger partial charge in [0, 0.05) is 43.1 Å². The highest BCUT2D eigenvalue weighted by molar-refractivity contribution is 5.82. The van der Waals surface area contributed by atoms with Gasteiger partial charge in [0.25, 0.3) is 0 Å². The summed E-state index contributed by atoms with van der Waals surface area (Å²) in [6, 6.07) is 11.6. The number of anilines is 3. The molecule has 0 radical (unpaired) electrons. The van der Waals surface area contributed by atoms with E-state index in [0.29, 0.717) is 0 Å². The van der Waals surface area contributed by atoms with E-state index in [4.69, 9.17) is 5.73 Å². The van der Waals surface area contributed by atoms with Gasteiger partial charge in [-0.1, -0.05) is 12.1 Å². The van der Waals surface area contributed by atoms with Crippen LogP contribution in [0.25, 0.3) is 11.1 Å². The molecule has 0 amide bonds. The van der Waals surface area contributed by atoms with E-state index in [0.717, 1.165) is 43.0 Å². The highest BCUT2D eigenvalue weighted by Crippen LogP contribution is 2.35. The van der Waals surface area contributed by atoms with Crippen LogP contribution in [0.15, 0.2) is 36.4 Å². The second kappa shape index (κ2) is 8.04. The number of benzene rings is 2. The minimum absolute atomic E-state index is 0.195. The van der Waals surface area contributed by atoms with Crippen LogP contribution >= 0.6 is 0 Å². The quantitative estimate of drug-likeness (QED) is 0.743. The molecule has 0 spiro atoms. The van der Waals surface area contributed by atoms with Crippen molar-refractivity contribution < 1.29 is 4.39 Å². The van der Waals surface area contributed by atoms with Crippen molar-refractivity contribution in [3.05, 3.63) is 42.2 Å². The normalized spacial score (nSPS) is 10.7. The van der Waals surface area contributed by atoms with Crippen molar-refractivity contribution in [3.8, 4) is 11.1 Å². The Balaban J connectivity index is 2.49. The van der Waals surface area contributed by atoms with Crippen molar-refractivity contribution in [2.75, 3.05) is 41.7 Å². The fourth-order valence-electron chi connectivity index (χ4n) is 3.08. The van der Waals surface area contributed by atoms with Gasteiger partial charge in [-0.25, -0.2) is 4.39 Å². The molecule has 24 heavy (non-hydrogen) atoms. The molecule has 4 heteroatoms. The van der Waals surface area contributed by atoms with Crippen LogP contribution in [0, 0.1) is 5.82 Å². The molecule has 0 unspecified atom stereocenters. The smallest absolute Gasteiger partial charge is 0.146 e. The van der Waals surface area contributed by atoms with Gasteiger partial charge in [0.1, 0.15) is 5.82 Å². The summed E-state index contributed by atoms with van der Waals surface area (Å²) in [6.45, 7) is 12.1. The van der Waals surface area contributed by atoms with E-state index in [-0.39, 0.29) is 11.5 Å². The summed E-state index contributed by atoms with van der Waals surface area (Å²) in [4.78, 5) is 4.49. The Hall–Kier alpha value is -2.23. The Morgan fingerprint density at radius 3 is 1.88 bits per heavy atom. The van der Waals surface area contributed by atoms with Crippen LogP contribution in [0.2, 0.25) is 0 Å². The average Bonchev–Trinajstić information content (AvgIpc) is 2.60. The summed E-state index contributed by atoms with van der Waals surface area (Å²) in [7, 11) is 0. The number of halogens is 1. The number of nitrogens with two attached hydrogens (primary N) is 1. The number of hydrogen-bond donors (Lipinski definition) is 1. The first-order chi connectivity index (χ1) is 11.5. The standard InChI is InChI=1S/C20H28FN3/c1-5-23(6-2)16-11-9-15(10-12-16)17-13-18(21)19(22)14-20(17)24(7-3)8-4/h9-14H,5-8,22H2,1-4H3. The van der Waals surface area contributed by atoms with E-state index < -0.39 is 0 Å². The number of nitrogens with zero attached hydrogens (tertiary/aromatic N) is 2. The summed E-state index contributed by atoms with van der Waals surface area (Å²) in [5, 5.41) is 0. The molecule has 2 rings (SSSR count). The van der Waals surface area contributed by atoms with Crippen molar-refractivity contribution in [3.63, 3.8) is 0 Å². The van der Waals surface area contributed by atoms with Gasteiger partial charge in [0.05, 0.1) is 5.69 Å². The third kappa shape index (κ3) is 3.64. The molecule has 3 nitrogen and oxygen atoms in total. The molecule has 2 N–H and O–H groups in total. The van der Waals surface area contributed by atoms with Crippen LogP contribution < -0.4 is 15.5 Å². The number of nitrogen functional groups attached to an aromatic ring is 1. The van der Waals surface area contributed by atoms with Gasteiger partial charge in [0.2, 0.25) is 0 Å². The zero-order chi connectivity index (χ0) is 17.7. The molecule has 0 aromatic heterocycles. The van der Waals surface area contributed by atoms with E-state index in [1.54, 1.807) is 12.1 Å². The SMILES string of the molecule is CCN(CC)c1ccc(-c2cc(F)c(N)cc2N(CC)CC)cc1. The maximum absolute atomic E-state index is 14.1. The summed E-state index contributed by atoms with van der Waals surface area (Å²) in [5.74, 6) is -0.367. The van der Waals surface area contributed by atoms with Gasteiger partial charge >= 0.3 is 0 Å². The van der Waals surface area contributed by atoms with Crippen LogP contribution in [0.1, 0.15) is 27.7 Å². The van der Waals surface area contributed by atoms with E-state index in [1.807, 2.05) is 0 Å². The van der Waals surface area contributed by atoms with Crippen LogP contribution in [0.3, 0.4) is 0 Å². The van der Waals surface area contributed by atoms with Gasteiger partial charge in [-0.15, -0.1) is 0 Å². The zero-order valence-electron chi connectivity index (χ0n) is 15.1. The first-order valence-corrected chi connectivity index (χ1v) is 8.74. The van der Waals surface area contributed by atoms with Crippen LogP contribution in [0.5, 0.6) is 0 Å². The first-order valence-electron chi connectivity index (χ1n) is 8.74. The van der Waals surface area contributed by atoms with Crippen molar-refractivity contribution in [2.45, 2.75) is 27.7 Å². The minimum Gasteiger partial charge on any atom is -0.396 e. The molecule has 0 aliphatic heterocycles. The van der Waals surface area contributed by atoms with Crippen LogP contribution in [-0.4, -0.2) is 26.2 Å². The Bertz CT molecular complexity index is 659. The van der Waals surface area contributed by atoms with E-state index in [2.05, 4.69) is 61.8 Å². The molecule has 0 aliphatic rings. The van der Waals surface area contributed by atoms with Gasteiger partial charge < -0.3 is 15.5 Å². The van der Waals surface area contributed by atoms with E-state index in [1.165, 1.54) is 5.69 Å². The largest absolute Gasteiger partial charge is 0.396 e. The van der Waals surface area contributed by atoms with Crippen molar-refractivity contribution in [1.82, 2.24) is 0 Å². The number of hydrogen-bond acceptors (Lipinski definition) is 3. The van der Waals surface area contributed by atoms with E-state index in [9.17, 15) is 4.39 Å². The Labute approximate surface area is 144 Å². The average molecular weight is 329 g/mol. The summed E-state index contributed by atoms with van der Waals surface area (Å²) >= 11 is 0. The summed E-state index contributed by atoms with van der Waals surface area (Å²) in [5.41, 5.74) is 10.1. The zero-order valence-corrected chi connectivity index (χ0v) is 15.1. The fourth-order valence-corrected chi connectivity index (χ4v) is 3.08. The molecule has 0 saturated heterocycles. The second-order valence-electron chi connectivity index (χ2n) is 5.78. The number of rotatable bonds is 7.